The van der Waals surface area contributed by atoms with Gasteiger partial charge in [-0.25, -0.2) is 4.68 Å². The molecule has 0 spiro atoms. The van der Waals surface area contributed by atoms with Crippen molar-refractivity contribution in [3.8, 4) is 0 Å². The van der Waals surface area contributed by atoms with E-state index in [9.17, 15) is 9.59 Å². The maximum atomic E-state index is 12.9. The quantitative estimate of drug-likeness (QED) is 0.485. The van der Waals surface area contributed by atoms with Crippen LogP contribution in [0.1, 0.15) is 45.4 Å². The van der Waals surface area contributed by atoms with E-state index in [0.29, 0.717) is 34.3 Å². The Bertz CT molecular complexity index is 965. The molecule has 1 aromatic heterocycles. The molecule has 6 nitrogen and oxygen atoms in total. The van der Waals surface area contributed by atoms with Gasteiger partial charge in [-0.3, -0.25) is 9.59 Å². The Hall–Kier alpha value is -2.93. The molecular weight excluding hydrogens is 360 g/mol. The Morgan fingerprint density at radius 1 is 0.889 bits per heavy atom. The maximum Gasteiger partial charge on any atom is 0.281 e. The van der Waals surface area contributed by atoms with Crippen LogP contribution in [0.5, 0.6) is 0 Å². The van der Waals surface area contributed by atoms with Crippen molar-refractivity contribution >= 4 is 23.6 Å². The molecule has 0 atom stereocenters. The van der Waals surface area contributed by atoms with E-state index >= 15 is 0 Å². The van der Waals surface area contributed by atoms with Crippen LogP contribution in [0, 0.1) is 0 Å². The van der Waals surface area contributed by atoms with Crippen molar-refractivity contribution in [2.45, 2.75) is 30.7 Å². The van der Waals surface area contributed by atoms with Crippen molar-refractivity contribution in [1.29, 1.82) is 0 Å². The van der Waals surface area contributed by atoms with Gasteiger partial charge in [-0.05, 0) is 24.1 Å². The molecule has 0 saturated carbocycles. The highest BCUT2D eigenvalue weighted by Crippen LogP contribution is 2.27. The third kappa shape index (κ3) is 3.14. The molecule has 0 radical (unpaired) electrons. The van der Waals surface area contributed by atoms with Crippen molar-refractivity contribution in [2.24, 2.45) is 0 Å². The Labute approximate surface area is 161 Å². The van der Waals surface area contributed by atoms with E-state index in [1.807, 2.05) is 37.3 Å². The topological polar surface area (TPSA) is 68.1 Å². The molecule has 2 aromatic carbocycles. The van der Waals surface area contributed by atoms with Crippen molar-refractivity contribution in [3.63, 3.8) is 0 Å². The fourth-order valence-electron chi connectivity index (χ4n) is 3.05. The van der Waals surface area contributed by atoms with Crippen LogP contribution in [-0.4, -0.2) is 26.7 Å². The van der Waals surface area contributed by atoms with Crippen molar-refractivity contribution in [3.05, 3.63) is 77.1 Å². The number of benzene rings is 2. The highest BCUT2D eigenvalue weighted by Gasteiger charge is 2.39. The molecule has 7 heteroatoms. The molecular formula is C20H18N4O2S. The number of imide groups is 1. The van der Waals surface area contributed by atoms with E-state index < -0.39 is 0 Å². The normalized spacial score (nSPS) is 13.3. The van der Waals surface area contributed by atoms with E-state index in [0.717, 1.165) is 12.0 Å². The lowest BCUT2D eigenvalue weighted by Gasteiger charge is -2.18. The van der Waals surface area contributed by atoms with Crippen LogP contribution < -0.4 is 5.01 Å². The van der Waals surface area contributed by atoms with Gasteiger partial charge >= 0.3 is 0 Å². The lowest BCUT2D eigenvalue weighted by Crippen LogP contribution is -2.41. The summed E-state index contributed by atoms with van der Waals surface area (Å²) >= 11 is 1.46. The number of hydrogen-bond acceptors (Lipinski definition) is 5. The zero-order valence-corrected chi connectivity index (χ0v) is 15.6. The zero-order valence-electron chi connectivity index (χ0n) is 14.8. The van der Waals surface area contributed by atoms with Crippen molar-refractivity contribution in [1.82, 2.24) is 14.9 Å². The number of nitrogens with zero attached hydrogens (tertiary/aromatic N) is 4. The van der Waals surface area contributed by atoms with Crippen LogP contribution in [-0.2, 0) is 12.2 Å². The Morgan fingerprint density at radius 2 is 1.52 bits per heavy atom. The molecule has 1 aliphatic heterocycles. The Kier molecular flexibility index (Phi) is 4.77. The van der Waals surface area contributed by atoms with Gasteiger partial charge in [0.2, 0.25) is 5.16 Å². The average molecular weight is 378 g/mol. The van der Waals surface area contributed by atoms with Gasteiger partial charge in [-0.15, -0.1) is 10.2 Å². The molecule has 136 valence electrons. The molecule has 2 amide bonds. The number of fused-ring (bicyclic) bond motifs is 1. The van der Waals surface area contributed by atoms with Crippen molar-refractivity contribution in [2.75, 3.05) is 5.01 Å². The molecule has 0 bridgehead atoms. The van der Waals surface area contributed by atoms with Gasteiger partial charge in [-0.2, -0.15) is 5.01 Å². The summed E-state index contributed by atoms with van der Waals surface area (Å²) in [6, 6.07) is 16.9. The third-order valence-electron chi connectivity index (χ3n) is 4.33. The largest absolute Gasteiger partial charge is 0.281 e. The first-order valence-electron chi connectivity index (χ1n) is 8.79. The summed E-state index contributed by atoms with van der Waals surface area (Å²) in [6.07, 6.45) is 1.47. The molecule has 0 unspecified atom stereocenters. The predicted octanol–water partition coefficient (Wildman–Crippen LogP) is 3.46. The number of carbonyl (C=O) groups excluding carboxylic acids is 2. The smallest absolute Gasteiger partial charge is 0.267 e. The van der Waals surface area contributed by atoms with E-state index in [-0.39, 0.29) is 11.8 Å². The number of amides is 2. The molecule has 0 aliphatic carbocycles. The number of aryl methyl sites for hydroxylation is 1. The second kappa shape index (κ2) is 7.36. The van der Waals surface area contributed by atoms with Crippen LogP contribution in [0.25, 0.3) is 0 Å². The Morgan fingerprint density at radius 3 is 2.15 bits per heavy atom. The Balaban J connectivity index is 1.70. The van der Waals surface area contributed by atoms with Gasteiger partial charge in [0.1, 0.15) is 0 Å². The minimum atomic E-state index is -0.339. The van der Waals surface area contributed by atoms with E-state index in [2.05, 4.69) is 10.2 Å². The third-order valence-corrected chi connectivity index (χ3v) is 5.32. The van der Waals surface area contributed by atoms with Crippen LogP contribution in [0.2, 0.25) is 0 Å². The summed E-state index contributed by atoms with van der Waals surface area (Å²) in [4.78, 5) is 25.8. The van der Waals surface area contributed by atoms with Gasteiger partial charge in [0.25, 0.3) is 11.8 Å². The van der Waals surface area contributed by atoms with Gasteiger partial charge < -0.3 is 0 Å². The lowest BCUT2D eigenvalue weighted by molar-refractivity contribution is 0.0879. The zero-order chi connectivity index (χ0) is 18.8. The van der Waals surface area contributed by atoms with Crippen LogP contribution in [0.15, 0.2) is 59.8 Å². The van der Waals surface area contributed by atoms with E-state index in [1.165, 1.54) is 16.8 Å². The first kappa shape index (κ1) is 17.5. The fourth-order valence-corrected chi connectivity index (χ4v) is 3.94. The fraction of sp³-hybridized carbons (Fsp3) is 0.200. The monoisotopic (exact) mass is 378 g/mol. The number of thioether (sulfide) groups is 1. The minimum Gasteiger partial charge on any atom is -0.267 e. The van der Waals surface area contributed by atoms with Gasteiger partial charge in [0, 0.05) is 12.2 Å². The van der Waals surface area contributed by atoms with Gasteiger partial charge in [-0.1, -0.05) is 61.2 Å². The maximum absolute atomic E-state index is 12.9. The molecule has 1 aliphatic rings. The first-order chi connectivity index (χ1) is 13.2. The number of rotatable bonds is 6. The van der Waals surface area contributed by atoms with E-state index in [1.54, 1.807) is 28.9 Å². The number of hydrogen-bond donors (Lipinski definition) is 0. The predicted molar refractivity (Wildman–Crippen MR) is 103 cm³/mol. The van der Waals surface area contributed by atoms with E-state index in [4.69, 9.17) is 0 Å². The van der Waals surface area contributed by atoms with Crippen LogP contribution >= 0.6 is 11.8 Å². The highest BCUT2D eigenvalue weighted by atomic mass is 32.2. The second-order valence-electron chi connectivity index (χ2n) is 6.20. The lowest BCUT2D eigenvalue weighted by atomic mass is 10.1. The van der Waals surface area contributed by atoms with Gasteiger partial charge in [0.15, 0.2) is 5.82 Å². The molecule has 2 heterocycles. The van der Waals surface area contributed by atoms with Crippen LogP contribution in [0.4, 0.5) is 0 Å². The molecule has 3 aromatic rings. The molecule has 27 heavy (non-hydrogen) atoms. The number of carbonyl (C=O) groups is 2. The molecule has 0 saturated heterocycles. The van der Waals surface area contributed by atoms with Gasteiger partial charge in [0.05, 0.1) is 11.1 Å². The molecule has 4 rings (SSSR count). The standard InChI is InChI=1S/C20H18N4O2S/c1-2-8-17-21-22-20(27-13-14-9-4-3-5-10-14)23(17)24-18(25)15-11-6-7-12-16(15)19(24)26/h3-7,9-12H,2,8,13H2,1H3. The molecule has 0 fully saturated rings. The van der Waals surface area contributed by atoms with Crippen LogP contribution in [0.3, 0.4) is 0 Å². The summed E-state index contributed by atoms with van der Waals surface area (Å²) in [5.74, 6) is 0.611. The summed E-state index contributed by atoms with van der Waals surface area (Å²) in [5.41, 5.74) is 1.96. The second-order valence-corrected chi connectivity index (χ2v) is 7.15. The summed E-state index contributed by atoms with van der Waals surface area (Å²) < 4.78 is 1.59. The summed E-state index contributed by atoms with van der Waals surface area (Å²) in [6.45, 7) is 2.03. The summed E-state index contributed by atoms with van der Waals surface area (Å²) in [5, 5.41) is 10.2. The average Bonchev–Trinajstić information content (AvgIpc) is 3.20. The van der Waals surface area contributed by atoms with Crippen molar-refractivity contribution < 1.29 is 9.59 Å². The minimum absolute atomic E-state index is 0.339. The number of aromatic nitrogens is 3. The highest BCUT2D eigenvalue weighted by molar-refractivity contribution is 7.98. The summed E-state index contributed by atoms with van der Waals surface area (Å²) in [7, 11) is 0. The first-order valence-corrected chi connectivity index (χ1v) is 9.78. The molecule has 0 N–H and O–H groups in total. The SMILES string of the molecule is CCCc1nnc(SCc2ccccc2)n1N1C(=O)c2ccccc2C1=O.